The number of alkyl halides is 3. The number of aliphatic hydroxyl groups is 1. The lowest BCUT2D eigenvalue weighted by atomic mass is 9.96. The number of aliphatic hydroxyl groups excluding tert-OH is 1. The van der Waals surface area contributed by atoms with Gasteiger partial charge in [-0.3, -0.25) is 10.1 Å². The summed E-state index contributed by atoms with van der Waals surface area (Å²) in [6.45, 7) is 0.809. The normalized spacial score (nSPS) is 15.1. The molecule has 0 bridgehead atoms. The number of rotatable bonds is 8. The molecule has 0 saturated heterocycles. The van der Waals surface area contributed by atoms with Gasteiger partial charge in [-0.25, -0.2) is 9.59 Å². The summed E-state index contributed by atoms with van der Waals surface area (Å²) in [6, 6.07) is 18.8. The maximum Gasteiger partial charge on any atom is 0.490 e. The molecule has 0 spiro atoms. The van der Waals surface area contributed by atoms with Crippen molar-refractivity contribution in [2.75, 3.05) is 13.1 Å². The predicted octanol–water partition coefficient (Wildman–Crippen LogP) is 4.61. The fraction of sp³-hybridized carbons (Fsp3) is 0.259. The first-order valence-corrected chi connectivity index (χ1v) is 11.9. The van der Waals surface area contributed by atoms with Gasteiger partial charge in [0.2, 0.25) is 0 Å². The quantitative estimate of drug-likeness (QED) is 0.227. The first-order valence-electron chi connectivity index (χ1n) is 11.9. The number of carboxylic acids is 2. The largest absolute Gasteiger partial charge is 0.490 e. The number of aliphatic carboxylic acids is 1. The van der Waals surface area contributed by atoms with Gasteiger partial charge in [-0.05, 0) is 59.4 Å². The molecule has 1 heterocycles. The second-order valence-electron chi connectivity index (χ2n) is 8.81. The molecule has 3 aromatic rings. The molecule has 40 heavy (non-hydrogen) atoms. The van der Waals surface area contributed by atoms with E-state index in [2.05, 4.69) is 11.4 Å². The lowest BCUT2D eigenvalue weighted by Crippen LogP contribution is -2.36. The highest BCUT2D eigenvalue weighted by Crippen LogP contribution is 2.32. The summed E-state index contributed by atoms with van der Waals surface area (Å²) < 4.78 is 37.8. The number of ether oxygens (including phenoxy) is 1. The molecule has 0 saturated carbocycles. The number of carboxylic acid groups (broad SMARTS) is 2. The van der Waals surface area contributed by atoms with Gasteiger partial charge in [0, 0.05) is 25.2 Å². The van der Waals surface area contributed by atoms with Gasteiger partial charge >= 0.3 is 18.1 Å². The van der Waals surface area contributed by atoms with Crippen LogP contribution in [0.15, 0.2) is 66.7 Å². The van der Waals surface area contributed by atoms with Crippen molar-refractivity contribution in [3.8, 4) is 16.9 Å². The summed E-state index contributed by atoms with van der Waals surface area (Å²) in [5.74, 6) is -2.89. The molecule has 0 aromatic heterocycles. The number of nitro groups is 1. The minimum Gasteiger partial charge on any atom is -0.489 e. The van der Waals surface area contributed by atoms with Crippen LogP contribution in [-0.4, -0.2) is 57.6 Å². The van der Waals surface area contributed by atoms with E-state index in [1.54, 1.807) is 36.4 Å². The van der Waals surface area contributed by atoms with E-state index in [0.29, 0.717) is 12.1 Å². The van der Waals surface area contributed by atoms with E-state index in [1.807, 2.05) is 12.1 Å². The van der Waals surface area contributed by atoms with Crippen molar-refractivity contribution in [1.29, 1.82) is 0 Å². The summed E-state index contributed by atoms with van der Waals surface area (Å²) in [5.41, 5.74) is 3.76. The maximum absolute atomic E-state index is 11.0. The molecule has 0 fully saturated rings. The zero-order valence-corrected chi connectivity index (χ0v) is 20.8. The molecule has 0 amide bonds. The van der Waals surface area contributed by atoms with Gasteiger partial charge in [0.1, 0.15) is 11.9 Å². The van der Waals surface area contributed by atoms with Crippen molar-refractivity contribution in [2.24, 2.45) is 0 Å². The third-order valence-electron chi connectivity index (χ3n) is 5.97. The Hall–Kier alpha value is -4.49. The molecule has 0 radical (unpaired) electrons. The molecule has 2 atom stereocenters. The number of hydrogen-bond acceptors (Lipinski definition) is 7. The molecule has 1 aliphatic rings. The molecule has 10 nitrogen and oxygen atoms in total. The van der Waals surface area contributed by atoms with E-state index < -0.39 is 29.1 Å². The van der Waals surface area contributed by atoms with E-state index in [9.17, 15) is 33.2 Å². The zero-order valence-electron chi connectivity index (χ0n) is 20.8. The molecule has 1 unspecified atom stereocenters. The van der Waals surface area contributed by atoms with Gasteiger partial charge in [0.25, 0.3) is 5.69 Å². The standard InChI is InChI=1S/C25H24N2O6.C2HF3O2/c28-23(19-2-1-3-21(13-19)27(31)32)15-26-14-22-10-8-20-12-18(9-11-24(20)33-22)16-4-6-17(7-5-16)25(29)30;3-2(4,5)1(6)7/h1-7,9,11-13,22-23,26,28H,8,10,14-15H2,(H,29,30);(H,6,7)/t22-,23?;/m1./s1. The van der Waals surface area contributed by atoms with Crippen molar-refractivity contribution in [1.82, 2.24) is 5.32 Å². The second kappa shape index (κ2) is 13.0. The van der Waals surface area contributed by atoms with Crippen molar-refractivity contribution >= 4 is 17.6 Å². The number of hydrogen-bond donors (Lipinski definition) is 4. The van der Waals surface area contributed by atoms with Crippen LogP contribution in [0, 0.1) is 10.1 Å². The highest BCUT2D eigenvalue weighted by Gasteiger charge is 2.38. The molecule has 13 heteroatoms. The van der Waals surface area contributed by atoms with Gasteiger partial charge in [-0.15, -0.1) is 0 Å². The first-order chi connectivity index (χ1) is 18.8. The number of nitrogens with one attached hydrogen (secondary N) is 1. The highest BCUT2D eigenvalue weighted by molar-refractivity contribution is 5.88. The molecule has 1 aliphatic heterocycles. The summed E-state index contributed by atoms with van der Waals surface area (Å²) >= 11 is 0. The summed E-state index contributed by atoms with van der Waals surface area (Å²) in [7, 11) is 0. The van der Waals surface area contributed by atoms with E-state index >= 15 is 0 Å². The third kappa shape index (κ3) is 8.25. The molecule has 0 aliphatic carbocycles. The Morgan fingerprint density at radius 3 is 2.30 bits per heavy atom. The average Bonchev–Trinajstić information content (AvgIpc) is 2.92. The average molecular weight is 562 g/mol. The SMILES string of the molecule is O=C(O)C(F)(F)F.O=C(O)c1ccc(-c2ccc3c(c2)CC[C@H](CNCC(O)c2cccc([N+](=O)[O-])c2)O3)cc1. The topological polar surface area (TPSA) is 159 Å². The molecule has 4 rings (SSSR count). The lowest BCUT2D eigenvalue weighted by molar-refractivity contribution is -0.385. The van der Waals surface area contributed by atoms with Crippen LogP contribution in [0.2, 0.25) is 0 Å². The molecule has 3 aromatic carbocycles. The Morgan fingerprint density at radius 2 is 1.70 bits per heavy atom. The Morgan fingerprint density at radius 1 is 1.05 bits per heavy atom. The van der Waals surface area contributed by atoms with E-state index in [1.165, 1.54) is 12.1 Å². The van der Waals surface area contributed by atoms with Gasteiger partial charge in [-0.1, -0.05) is 30.3 Å². The molecular weight excluding hydrogens is 537 g/mol. The highest BCUT2D eigenvalue weighted by atomic mass is 19.4. The van der Waals surface area contributed by atoms with Gasteiger partial charge in [-0.2, -0.15) is 13.2 Å². The number of aryl methyl sites for hydroxylation is 1. The minimum atomic E-state index is -5.08. The van der Waals surface area contributed by atoms with E-state index in [0.717, 1.165) is 35.3 Å². The van der Waals surface area contributed by atoms with Crippen molar-refractivity contribution in [2.45, 2.75) is 31.2 Å². The number of nitro benzene ring substituents is 1. The van der Waals surface area contributed by atoms with Crippen molar-refractivity contribution in [3.05, 3.63) is 93.5 Å². The van der Waals surface area contributed by atoms with Crippen LogP contribution in [-0.2, 0) is 11.2 Å². The Balaban J connectivity index is 0.000000559. The van der Waals surface area contributed by atoms with E-state index in [4.69, 9.17) is 19.7 Å². The smallest absolute Gasteiger partial charge is 0.489 e. The number of fused-ring (bicyclic) bond motifs is 1. The minimum absolute atomic E-state index is 0.0454. The summed E-state index contributed by atoms with van der Waals surface area (Å²) in [5, 5.41) is 40.6. The Bertz CT molecular complexity index is 1360. The van der Waals surface area contributed by atoms with Gasteiger partial charge in [0.05, 0.1) is 16.6 Å². The molecule has 4 N–H and O–H groups in total. The van der Waals surface area contributed by atoms with Crippen LogP contribution in [0.25, 0.3) is 11.1 Å². The van der Waals surface area contributed by atoms with Crippen molar-refractivity contribution < 1.29 is 47.7 Å². The van der Waals surface area contributed by atoms with Crippen LogP contribution >= 0.6 is 0 Å². The van der Waals surface area contributed by atoms with Gasteiger partial charge < -0.3 is 25.4 Å². The lowest BCUT2D eigenvalue weighted by Gasteiger charge is -2.27. The van der Waals surface area contributed by atoms with Gasteiger partial charge in [0.15, 0.2) is 0 Å². The number of carbonyl (C=O) groups is 2. The first kappa shape index (κ1) is 30.1. The fourth-order valence-corrected chi connectivity index (χ4v) is 3.92. The zero-order chi connectivity index (χ0) is 29.4. The van der Waals surface area contributed by atoms with E-state index in [-0.39, 0.29) is 23.9 Å². The molecule has 212 valence electrons. The number of non-ortho nitro benzene ring substituents is 1. The van der Waals surface area contributed by atoms with Crippen LogP contribution in [0.4, 0.5) is 18.9 Å². The van der Waals surface area contributed by atoms with Crippen LogP contribution in [0.1, 0.15) is 34.0 Å². The summed E-state index contributed by atoms with van der Waals surface area (Å²) in [6.07, 6.45) is -4.32. The fourth-order valence-electron chi connectivity index (χ4n) is 3.92. The number of halogens is 3. The number of aromatic carboxylic acids is 1. The third-order valence-corrected chi connectivity index (χ3v) is 5.97. The molecular formula is C27H25F3N2O8. The van der Waals surface area contributed by atoms with Crippen LogP contribution < -0.4 is 10.1 Å². The Labute approximate surface area is 225 Å². The van der Waals surface area contributed by atoms with Crippen molar-refractivity contribution in [3.63, 3.8) is 0 Å². The maximum atomic E-state index is 11.0. The van der Waals surface area contributed by atoms with Crippen LogP contribution in [0.5, 0.6) is 5.75 Å². The summed E-state index contributed by atoms with van der Waals surface area (Å²) in [4.78, 5) is 30.4. The Kier molecular flexibility index (Phi) is 9.80. The number of nitrogens with zero attached hydrogens (tertiary/aromatic N) is 1. The van der Waals surface area contributed by atoms with Crippen LogP contribution in [0.3, 0.4) is 0 Å². The monoisotopic (exact) mass is 562 g/mol. The predicted molar refractivity (Wildman–Crippen MR) is 136 cm³/mol. The number of benzene rings is 3. The second-order valence-corrected chi connectivity index (χ2v) is 8.81.